The Hall–Kier alpha value is -3.74. The molecule has 30 heavy (non-hydrogen) atoms. The first-order chi connectivity index (χ1) is 14.6. The zero-order valence-corrected chi connectivity index (χ0v) is 17.1. The second-order valence-electron chi connectivity index (χ2n) is 6.32. The van der Waals surface area contributed by atoms with Crippen LogP contribution in [0.3, 0.4) is 0 Å². The molecule has 0 unspecified atom stereocenters. The molecule has 0 aliphatic carbocycles. The van der Waals surface area contributed by atoms with Gasteiger partial charge in [0.1, 0.15) is 23.9 Å². The first kappa shape index (κ1) is 21.0. The van der Waals surface area contributed by atoms with Crippen LogP contribution in [0.1, 0.15) is 22.8 Å². The number of hydrogen-bond acceptors (Lipinski definition) is 6. The molecule has 2 aromatic carbocycles. The maximum absolute atomic E-state index is 12.2. The molecule has 0 spiro atoms. The Morgan fingerprint density at radius 2 is 1.60 bits per heavy atom. The maximum atomic E-state index is 12.2. The zero-order valence-electron chi connectivity index (χ0n) is 17.1. The summed E-state index contributed by atoms with van der Waals surface area (Å²) in [6.45, 7) is 2.25. The lowest BCUT2D eigenvalue weighted by atomic mass is 10.0. The van der Waals surface area contributed by atoms with Gasteiger partial charge in [-0.3, -0.25) is 4.79 Å². The molecule has 3 aromatic rings. The van der Waals surface area contributed by atoms with Crippen LogP contribution in [-0.2, 0) is 11.3 Å². The zero-order chi connectivity index (χ0) is 21.5. The quantitative estimate of drug-likeness (QED) is 0.569. The van der Waals surface area contributed by atoms with Crippen LogP contribution >= 0.6 is 0 Å². The number of methoxy groups -OCH3 is 2. The molecule has 7 heteroatoms. The van der Waals surface area contributed by atoms with Gasteiger partial charge in [0.15, 0.2) is 5.56 Å². The lowest BCUT2D eigenvalue weighted by molar-refractivity contribution is 0.0520. The topological polar surface area (TPSA) is 86.8 Å². The van der Waals surface area contributed by atoms with E-state index in [1.165, 1.54) is 13.3 Å². The molecule has 0 radical (unpaired) electrons. The minimum atomic E-state index is -0.725. The molecule has 1 N–H and O–H groups in total. The van der Waals surface area contributed by atoms with Crippen molar-refractivity contribution in [2.75, 3.05) is 20.8 Å². The van der Waals surface area contributed by atoms with Crippen molar-refractivity contribution < 1.29 is 23.7 Å². The average molecular weight is 409 g/mol. The fourth-order valence-electron chi connectivity index (χ4n) is 2.95. The summed E-state index contributed by atoms with van der Waals surface area (Å²) in [7, 11) is 3.04. The third-order valence-corrected chi connectivity index (χ3v) is 4.46. The van der Waals surface area contributed by atoms with Crippen LogP contribution in [0.25, 0.3) is 11.1 Å². The Morgan fingerprint density at radius 3 is 2.20 bits per heavy atom. The third kappa shape index (κ3) is 4.63. The summed E-state index contributed by atoms with van der Waals surface area (Å²) in [5.41, 5.74) is 1.62. The van der Waals surface area contributed by atoms with Gasteiger partial charge in [0.25, 0.3) is 5.56 Å². The van der Waals surface area contributed by atoms with Gasteiger partial charge in [-0.1, -0.05) is 24.3 Å². The van der Waals surface area contributed by atoms with Gasteiger partial charge < -0.3 is 23.9 Å². The summed E-state index contributed by atoms with van der Waals surface area (Å²) in [5, 5.41) is 0. The predicted molar refractivity (Wildman–Crippen MR) is 112 cm³/mol. The highest BCUT2D eigenvalue weighted by Crippen LogP contribution is 2.32. The Balaban J connectivity index is 1.80. The molecule has 0 atom stereocenters. The van der Waals surface area contributed by atoms with E-state index in [9.17, 15) is 9.59 Å². The number of carbonyl (C=O) groups is 1. The van der Waals surface area contributed by atoms with Gasteiger partial charge in [-0.25, -0.2) is 4.79 Å². The van der Waals surface area contributed by atoms with Crippen molar-refractivity contribution in [3.63, 3.8) is 0 Å². The smallest absolute Gasteiger partial charge is 0.347 e. The summed E-state index contributed by atoms with van der Waals surface area (Å²) in [5.74, 6) is 0.921. The van der Waals surface area contributed by atoms with E-state index in [0.717, 1.165) is 16.9 Å². The number of benzene rings is 2. The molecule has 0 aliphatic heterocycles. The fraction of sp³-hybridized carbons (Fsp3) is 0.217. The van der Waals surface area contributed by atoms with Crippen molar-refractivity contribution in [3.05, 3.63) is 76.2 Å². The van der Waals surface area contributed by atoms with Gasteiger partial charge >= 0.3 is 5.97 Å². The van der Waals surface area contributed by atoms with Gasteiger partial charge in [0.2, 0.25) is 0 Å². The number of nitrogens with one attached hydrogen (secondary N) is 1. The van der Waals surface area contributed by atoms with Crippen LogP contribution < -0.4 is 19.8 Å². The molecule has 7 nitrogen and oxygen atoms in total. The molecular weight excluding hydrogens is 386 g/mol. The van der Waals surface area contributed by atoms with Crippen LogP contribution in [0, 0.1) is 0 Å². The highest BCUT2D eigenvalue weighted by molar-refractivity contribution is 5.95. The van der Waals surface area contributed by atoms with Crippen molar-refractivity contribution in [1.29, 1.82) is 0 Å². The number of ether oxygens (including phenoxy) is 4. The highest BCUT2D eigenvalue weighted by atomic mass is 16.5. The monoisotopic (exact) mass is 409 g/mol. The number of carbonyl (C=O) groups excluding carboxylic acids is 1. The van der Waals surface area contributed by atoms with E-state index in [1.54, 1.807) is 14.0 Å². The first-order valence-electron chi connectivity index (χ1n) is 9.40. The minimum Gasteiger partial charge on any atom is -0.497 e. The summed E-state index contributed by atoms with van der Waals surface area (Å²) < 4.78 is 21.3. The molecule has 1 aromatic heterocycles. The third-order valence-electron chi connectivity index (χ3n) is 4.46. The molecule has 156 valence electrons. The second-order valence-corrected chi connectivity index (χ2v) is 6.32. The van der Waals surface area contributed by atoms with E-state index in [1.807, 2.05) is 48.5 Å². The number of hydrogen-bond donors (Lipinski definition) is 1. The minimum absolute atomic E-state index is 0.156. The molecule has 0 aliphatic rings. The molecule has 0 saturated heterocycles. The van der Waals surface area contributed by atoms with Gasteiger partial charge in [-0.15, -0.1) is 0 Å². The van der Waals surface area contributed by atoms with Gasteiger partial charge in [0.05, 0.1) is 20.8 Å². The van der Waals surface area contributed by atoms with Crippen molar-refractivity contribution in [3.8, 4) is 28.4 Å². The first-order valence-corrected chi connectivity index (χ1v) is 9.40. The van der Waals surface area contributed by atoms with E-state index >= 15 is 0 Å². The number of aromatic amines is 1. The van der Waals surface area contributed by atoms with Crippen LogP contribution in [0.5, 0.6) is 17.2 Å². The number of aromatic nitrogens is 1. The normalized spacial score (nSPS) is 10.4. The number of H-pyrrole nitrogens is 1. The van der Waals surface area contributed by atoms with Gasteiger partial charge in [-0.2, -0.15) is 0 Å². The highest BCUT2D eigenvalue weighted by Gasteiger charge is 2.22. The molecule has 0 saturated carbocycles. The van der Waals surface area contributed by atoms with E-state index in [-0.39, 0.29) is 17.9 Å². The number of rotatable bonds is 8. The van der Waals surface area contributed by atoms with Crippen LogP contribution in [0.15, 0.2) is 59.5 Å². The van der Waals surface area contributed by atoms with Gasteiger partial charge in [0, 0.05) is 11.8 Å². The molecule has 0 amide bonds. The summed E-state index contributed by atoms with van der Waals surface area (Å²) in [4.78, 5) is 26.9. The second kappa shape index (κ2) is 9.65. The van der Waals surface area contributed by atoms with E-state index < -0.39 is 11.5 Å². The van der Waals surface area contributed by atoms with Crippen molar-refractivity contribution in [1.82, 2.24) is 4.98 Å². The molecule has 3 rings (SSSR count). The van der Waals surface area contributed by atoms with Crippen molar-refractivity contribution >= 4 is 5.97 Å². The summed E-state index contributed by atoms with van der Waals surface area (Å²) >= 11 is 0. The standard InChI is InChI=1S/C23H23NO6/c1-4-29-23(26)20-21(28-3)19(13-24-22(20)25)16-7-11-18(12-8-16)30-14-15-5-9-17(27-2)10-6-15/h5-13H,4,14H2,1-3H3,(H,24,25). The molecular formula is C23H23NO6. The van der Waals surface area contributed by atoms with E-state index in [2.05, 4.69) is 4.98 Å². The Kier molecular flexibility index (Phi) is 6.75. The van der Waals surface area contributed by atoms with Crippen molar-refractivity contribution in [2.45, 2.75) is 13.5 Å². The largest absolute Gasteiger partial charge is 0.497 e. The molecule has 0 fully saturated rings. The lowest BCUT2D eigenvalue weighted by Gasteiger charge is -2.13. The average Bonchev–Trinajstić information content (AvgIpc) is 2.78. The summed E-state index contributed by atoms with van der Waals surface area (Å²) in [6.07, 6.45) is 1.51. The number of esters is 1. The van der Waals surface area contributed by atoms with Gasteiger partial charge in [-0.05, 0) is 42.3 Å². The van der Waals surface area contributed by atoms with E-state index in [4.69, 9.17) is 18.9 Å². The number of pyridine rings is 1. The SMILES string of the molecule is CCOC(=O)c1c(OC)c(-c2ccc(OCc3ccc(OC)cc3)cc2)c[nH]c1=O. The lowest BCUT2D eigenvalue weighted by Crippen LogP contribution is -2.21. The van der Waals surface area contributed by atoms with Crippen LogP contribution in [-0.4, -0.2) is 31.8 Å². The predicted octanol–water partition coefficient (Wildman–Crippen LogP) is 3.81. The van der Waals surface area contributed by atoms with Crippen LogP contribution in [0.2, 0.25) is 0 Å². The fourth-order valence-corrected chi connectivity index (χ4v) is 2.95. The van der Waals surface area contributed by atoms with E-state index in [0.29, 0.717) is 17.9 Å². The Morgan fingerprint density at radius 1 is 0.933 bits per heavy atom. The molecule has 0 bridgehead atoms. The Bertz CT molecular complexity index is 1050. The Labute approximate surface area is 174 Å². The summed E-state index contributed by atoms with van der Waals surface area (Å²) in [6, 6.07) is 14.9. The van der Waals surface area contributed by atoms with Crippen molar-refractivity contribution in [2.24, 2.45) is 0 Å². The maximum Gasteiger partial charge on any atom is 0.347 e. The molecule has 1 heterocycles. The van der Waals surface area contributed by atoms with Crippen LogP contribution in [0.4, 0.5) is 0 Å².